The molecule has 0 saturated carbocycles. The predicted octanol–water partition coefficient (Wildman–Crippen LogP) is 1.39. The molecule has 0 spiro atoms. The molecule has 0 radical (unpaired) electrons. The van der Waals surface area contributed by atoms with Crippen molar-refractivity contribution in [3.8, 4) is 5.75 Å². The molecule has 8 nitrogen and oxygen atoms in total. The quantitative estimate of drug-likeness (QED) is 0.838. The van der Waals surface area contributed by atoms with Crippen LogP contribution in [0.3, 0.4) is 0 Å². The van der Waals surface area contributed by atoms with Gasteiger partial charge in [-0.2, -0.15) is 0 Å². The Bertz CT molecular complexity index is 699. The third-order valence-electron chi connectivity index (χ3n) is 3.93. The van der Waals surface area contributed by atoms with Crippen molar-refractivity contribution in [2.45, 2.75) is 32.9 Å². The number of nitrogens with one attached hydrogen (secondary N) is 1. The molecule has 8 heteroatoms. The average molecular weight is 377 g/mol. The van der Waals surface area contributed by atoms with Crippen LogP contribution in [0.5, 0.6) is 5.75 Å². The normalized spacial score (nSPS) is 14.7. The van der Waals surface area contributed by atoms with E-state index in [0.717, 1.165) is 11.3 Å². The number of hydrogen-bond donors (Lipinski definition) is 1. The van der Waals surface area contributed by atoms with Crippen molar-refractivity contribution in [3.05, 3.63) is 29.8 Å². The molecular formula is C19H27N3O5. The van der Waals surface area contributed by atoms with Crippen LogP contribution in [0.1, 0.15) is 26.3 Å². The number of benzene rings is 1. The van der Waals surface area contributed by atoms with Crippen LogP contribution in [0.25, 0.3) is 0 Å². The number of rotatable bonds is 5. The SMILES string of the molecule is COc1cccc(CNC(=O)CN2CCN(C(=O)OC(C)(C)C)CC2=O)c1. The van der Waals surface area contributed by atoms with Gasteiger partial charge < -0.3 is 19.7 Å². The third-order valence-corrected chi connectivity index (χ3v) is 3.93. The Hall–Kier alpha value is -2.77. The highest BCUT2D eigenvalue weighted by Crippen LogP contribution is 2.13. The summed E-state index contributed by atoms with van der Waals surface area (Å²) in [7, 11) is 1.58. The number of methoxy groups -OCH3 is 1. The smallest absolute Gasteiger partial charge is 0.410 e. The Morgan fingerprint density at radius 2 is 1.96 bits per heavy atom. The van der Waals surface area contributed by atoms with Gasteiger partial charge in [0.2, 0.25) is 11.8 Å². The maximum Gasteiger partial charge on any atom is 0.410 e. The van der Waals surface area contributed by atoms with E-state index in [0.29, 0.717) is 19.6 Å². The van der Waals surface area contributed by atoms with E-state index in [4.69, 9.17) is 9.47 Å². The van der Waals surface area contributed by atoms with Crippen LogP contribution < -0.4 is 10.1 Å². The van der Waals surface area contributed by atoms with Crippen molar-refractivity contribution in [1.82, 2.24) is 15.1 Å². The molecule has 0 aromatic heterocycles. The monoisotopic (exact) mass is 377 g/mol. The van der Waals surface area contributed by atoms with Gasteiger partial charge in [-0.3, -0.25) is 14.5 Å². The maximum atomic E-state index is 12.2. The molecule has 1 aliphatic heterocycles. The molecule has 1 N–H and O–H groups in total. The first kappa shape index (κ1) is 20.5. The highest BCUT2D eigenvalue weighted by atomic mass is 16.6. The standard InChI is InChI=1S/C19H27N3O5/c1-19(2,3)27-18(25)22-9-8-21(17(24)13-22)12-16(23)20-11-14-6-5-7-15(10-14)26-4/h5-7,10H,8-9,11-13H2,1-4H3,(H,20,23). The molecule has 1 aliphatic rings. The van der Waals surface area contributed by atoms with Gasteiger partial charge in [-0.1, -0.05) is 12.1 Å². The average Bonchev–Trinajstić information content (AvgIpc) is 2.60. The van der Waals surface area contributed by atoms with Gasteiger partial charge in [0.15, 0.2) is 0 Å². The molecule has 1 saturated heterocycles. The minimum absolute atomic E-state index is 0.0367. The Balaban J connectivity index is 1.80. The van der Waals surface area contributed by atoms with E-state index in [1.807, 2.05) is 24.3 Å². The van der Waals surface area contributed by atoms with Crippen LogP contribution in [0.15, 0.2) is 24.3 Å². The first-order chi connectivity index (χ1) is 12.7. The second kappa shape index (κ2) is 8.75. The van der Waals surface area contributed by atoms with Crippen molar-refractivity contribution in [3.63, 3.8) is 0 Å². The Labute approximate surface area is 159 Å². The van der Waals surface area contributed by atoms with Crippen LogP contribution in [-0.2, 0) is 20.9 Å². The van der Waals surface area contributed by atoms with Crippen molar-refractivity contribution in [2.24, 2.45) is 0 Å². The fourth-order valence-electron chi connectivity index (χ4n) is 2.57. The van der Waals surface area contributed by atoms with E-state index in [1.165, 1.54) is 9.80 Å². The molecule has 1 aromatic carbocycles. The minimum Gasteiger partial charge on any atom is -0.497 e. The summed E-state index contributed by atoms with van der Waals surface area (Å²) in [5, 5.41) is 2.79. The van der Waals surface area contributed by atoms with E-state index >= 15 is 0 Å². The highest BCUT2D eigenvalue weighted by molar-refractivity contribution is 5.88. The number of hydrogen-bond acceptors (Lipinski definition) is 5. The third kappa shape index (κ3) is 6.47. The van der Waals surface area contributed by atoms with E-state index in [1.54, 1.807) is 27.9 Å². The van der Waals surface area contributed by atoms with Gasteiger partial charge >= 0.3 is 6.09 Å². The molecule has 0 bridgehead atoms. The molecule has 1 fully saturated rings. The zero-order chi connectivity index (χ0) is 20.0. The lowest BCUT2D eigenvalue weighted by molar-refractivity contribution is -0.139. The van der Waals surface area contributed by atoms with E-state index in [2.05, 4.69) is 5.32 Å². The van der Waals surface area contributed by atoms with Crippen molar-refractivity contribution in [2.75, 3.05) is 33.3 Å². The first-order valence-electron chi connectivity index (χ1n) is 8.83. The largest absolute Gasteiger partial charge is 0.497 e. The van der Waals surface area contributed by atoms with E-state index in [-0.39, 0.29) is 24.9 Å². The molecular weight excluding hydrogens is 350 g/mol. The molecule has 1 aromatic rings. The molecule has 0 unspecified atom stereocenters. The van der Waals surface area contributed by atoms with Crippen LogP contribution in [0.4, 0.5) is 4.79 Å². The molecule has 148 valence electrons. The Morgan fingerprint density at radius 1 is 1.22 bits per heavy atom. The Kier molecular flexibility index (Phi) is 6.65. The fourth-order valence-corrected chi connectivity index (χ4v) is 2.57. The summed E-state index contributed by atoms with van der Waals surface area (Å²) in [6, 6.07) is 7.40. The number of piperazine rings is 1. The minimum atomic E-state index is -0.614. The van der Waals surface area contributed by atoms with Crippen LogP contribution in [0, 0.1) is 0 Å². The van der Waals surface area contributed by atoms with Gasteiger partial charge in [0.25, 0.3) is 0 Å². The second-order valence-electron chi connectivity index (χ2n) is 7.35. The van der Waals surface area contributed by atoms with Gasteiger partial charge in [-0.05, 0) is 38.5 Å². The summed E-state index contributed by atoms with van der Waals surface area (Å²) in [5.74, 6) is 0.190. The van der Waals surface area contributed by atoms with Crippen LogP contribution in [0.2, 0.25) is 0 Å². The topological polar surface area (TPSA) is 88.2 Å². The predicted molar refractivity (Wildman–Crippen MR) is 99.2 cm³/mol. The van der Waals surface area contributed by atoms with Crippen LogP contribution >= 0.6 is 0 Å². The highest BCUT2D eigenvalue weighted by Gasteiger charge is 2.30. The van der Waals surface area contributed by atoms with Crippen LogP contribution in [-0.4, -0.2) is 66.6 Å². The molecule has 1 heterocycles. The van der Waals surface area contributed by atoms with Crippen molar-refractivity contribution < 1.29 is 23.9 Å². The lowest BCUT2D eigenvalue weighted by Crippen LogP contribution is -2.55. The lowest BCUT2D eigenvalue weighted by Gasteiger charge is -2.34. The van der Waals surface area contributed by atoms with Crippen molar-refractivity contribution in [1.29, 1.82) is 0 Å². The zero-order valence-corrected chi connectivity index (χ0v) is 16.3. The first-order valence-corrected chi connectivity index (χ1v) is 8.83. The summed E-state index contributed by atoms with van der Waals surface area (Å²) in [4.78, 5) is 39.2. The molecule has 0 aliphatic carbocycles. The number of ether oxygens (including phenoxy) is 2. The Morgan fingerprint density at radius 3 is 2.59 bits per heavy atom. The molecule has 3 amide bonds. The van der Waals surface area contributed by atoms with Gasteiger partial charge in [0, 0.05) is 19.6 Å². The second-order valence-corrected chi connectivity index (χ2v) is 7.35. The number of amides is 3. The van der Waals surface area contributed by atoms with E-state index < -0.39 is 11.7 Å². The van der Waals surface area contributed by atoms with Crippen molar-refractivity contribution >= 4 is 17.9 Å². The van der Waals surface area contributed by atoms with Gasteiger partial charge in [0.05, 0.1) is 13.7 Å². The number of carbonyl (C=O) groups excluding carboxylic acids is 3. The molecule has 27 heavy (non-hydrogen) atoms. The number of carbonyl (C=O) groups is 3. The van der Waals surface area contributed by atoms with Gasteiger partial charge in [-0.25, -0.2) is 4.79 Å². The van der Waals surface area contributed by atoms with Gasteiger partial charge in [-0.15, -0.1) is 0 Å². The fraction of sp³-hybridized carbons (Fsp3) is 0.526. The maximum absolute atomic E-state index is 12.2. The summed E-state index contributed by atoms with van der Waals surface area (Å²) >= 11 is 0. The molecule has 2 rings (SSSR count). The summed E-state index contributed by atoms with van der Waals surface area (Å²) in [6.07, 6.45) is -0.516. The summed E-state index contributed by atoms with van der Waals surface area (Å²) in [6.45, 7) is 6.18. The number of nitrogens with zero attached hydrogens (tertiary/aromatic N) is 2. The zero-order valence-electron chi connectivity index (χ0n) is 16.3. The lowest BCUT2D eigenvalue weighted by atomic mass is 10.2. The van der Waals surface area contributed by atoms with E-state index in [9.17, 15) is 14.4 Å². The van der Waals surface area contributed by atoms with Gasteiger partial charge in [0.1, 0.15) is 17.9 Å². The summed E-state index contributed by atoms with van der Waals surface area (Å²) in [5.41, 5.74) is 0.292. The molecule has 0 atom stereocenters. The summed E-state index contributed by atoms with van der Waals surface area (Å²) < 4.78 is 10.4.